The van der Waals surface area contributed by atoms with E-state index in [2.05, 4.69) is 36.5 Å². The molecule has 21 heavy (non-hydrogen) atoms. The number of ether oxygens (including phenoxy) is 1. The molecular formula is C17H22N2O2. The van der Waals surface area contributed by atoms with E-state index < -0.39 is 0 Å². The first kappa shape index (κ1) is 13.3. The van der Waals surface area contributed by atoms with Crippen LogP contribution in [0.15, 0.2) is 24.3 Å². The van der Waals surface area contributed by atoms with Gasteiger partial charge >= 0.3 is 0 Å². The van der Waals surface area contributed by atoms with Crippen LogP contribution in [0.1, 0.15) is 43.5 Å². The Hall–Kier alpha value is -1.39. The number of rotatable bonds is 3. The maximum Gasteiger partial charge on any atom is 0.238 e. The first-order valence-corrected chi connectivity index (χ1v) is 8.05. The molecule has 4 nitrogen and oxygen atoms in total. The van der Waals surface area contributed by atoms with Crippen LogP contribution in [0.25, 0.3) is 0 Å². The quantitative estimate of drug-likeness (QED) is 0.924. The van der Waals surface area contributed by atoms with Gasteiger partial charge in [-0.05, 0) is 36.8 Å². The SMILES string of the molecule is CCc1ccc(C2NCC(=O)N2C2CC3CCC2O3)cc1. The molecule has 3 aliphatic rings. The third-order valence-electron chi connectivity index (χ3n) is 5.15. The topological polar surface area (TPSA) is 41.6 Å². The molecule has 2 bridgehead atoms. The molecule has 1 N–H and O–H groups in total. The average Bonchev–Trinajstić information content (AvgIpc) is 3.22. The standard InChI is InChI=1S/C17H22N2O2/c1-2-11-3-5-12(6-4-11)17-18-10-16(20)19(17)14-9-13-7-8-15(14)21-13/h3-6,13-15,17-18H,2,7-10H2,1H3. The number of hydrogen-bond acceptors (Lipinski definition) is 3. The molecule has 0 saturated carbocycles. The van der Waals surface area contributed by atoms with E-state index in [4.69, 9.17) is 4.74 Å². The molecule has 1 amide bonds. The fourth-order valence-corrected chi connectivity index (χ4v) is 4.01. The van der Waals surface area contributed by atoms with Gasteiger partial charge < -0.3 is 9.64 Å². The third-order valence-corrected chi connectivity index (χ3v) is 5.15. The Bertz CT molecular complexity index is 542. The summed E-state index contributed by atoms with van der Waals surface area (Å²) in [6, 6.07) is 8.87. The summed E-state index contributed by atoms with van der Waals surface area (Å²) in [5, 5.41) is 3.37. The molecule has 1 aromatic carbocycles. The van der Waals surface area contributed by atoms with Gasteiger partial charge in [0.25, 0.3) is 0 Å². The summed E-state index contributed by atoms with van der Waals surface area (Å²) in [4.78, 5) is 14.4. The van der Waals surface area contributed by atoms with Crippen LogP contribution in [-0.2, 0) is 16.0 Å². The van der Waals surface area contributed by atoms with Crippen molar-refractivity contribution in [2.45, 2.75) is 57.0 Å². The molecule has 3 saturated heterocycles. The number of carbonyl (C=O) groups is 1. The maximum atomic E-state index is 12.4. The monoisotopic (exact) mass is 286 g/mol. The highest BCUT2D eigenvalue weighted by molar-refractivity contribution is 5.81. The molecule has 4 rings (SSSR count). The van der Waals surface area contributed by atoms with Gasteiger partial charge in [-0.1, -0.05) is 31.2 Å². The van der Waals surface area contributed by atoms with E-state index in [1.807, 2.05) is 4.90 Å². The van der Waals surface area contributed by atoms with Crippen molar-refractivity contribution in [2.24, 2.45) is 0 Å². The van der Waals surface area contributed by atoms with Crippen LogP contribution >= 0.6 is 0 Å². The number of amides is 1. The Balaban J connectivity index is 1.59. The summed E-state index contributed by atoms with van der Waals surface area (Å²) in [6.45, 7) is 2.60. The first-order valence-electron chi connectivity index (χ1n) is 8.05. The molecule has 4 atom stereocenters. The van der Waals surface area contributed by atoms with E-state index in [1.54, 1.807) is 0 Å². The molecule has 112 valence electrons. The normalized spacial score (nSPS) is 34.9. The summed E-state index contributed by atoms with van der Waals surface area (Å²) in [7, 11) is 0. The van der Waals surface area contributed by atoms with Gasteiger partial charge in [0.15, 0.2) is 0 Å². The number of nitrogens with one attached hydrogen (secondary N) is 1. The molecule has 0 radical (unpaired) electrons. The van der Waals surface area contributed by atoms with Gasteiger partial charge in [-0.3, -0.25) is 10.1 Å². The van der Waals surface area contributed by atoms with Crippen molar-refractivity contribution >= 4 is 5.91 Å². The number of hydrogen-bond donors (Lipinski definition) is 1. The van der Waals surface area contributed by atoms with Crippen LogP contribution in [0.2, 0.25) is 0 Å². The first-order chi connectivity index (χ1) is 10.3. The average molecular weight is 286 g/mol. The van der Waals surface area contributed by atoms with E-state index in [1.165, 1.54) is 11.1 Å². The number of nitrogens with zero attached hydrogens (tertiary/aromatic N) is 1. The van der Waals surface area contributed by atoms with Crippen LogP contribution in [0, 0.1) is 0 Å². The second kappa shape index (κ2) is 5.11. The Labute approximate surface area is 125 Å². The summed E-state index contributed by atoms with van der Waals surface area (Å²) in [5.41, 5.74) is 2.51. The summed E-state index contributed by atoms with van der Waals surface area (Å²) < 4.78 is 5.94. The number of carbonyl (C=O) groups excluding carboxylic acids is 1. The Morgan fingerprint density at radius 3 is 2.71 bits per heavy atom. The highest BCUT2D eigenvalue weighted by atomic mass is 16.5. The lowest BCUT2D eigenvalue weighted by Crippen LogP contribution is -2.45. The van der Waals surface area contributed by atoms with Gasteiger partial charge in [-0.25, -0.2) is 0 Å². The number of benzene rings is 1. The molecule has 4 unspecified atom stereocenters. The Morgan fingerprint density at radius 1 is 1.29 bits per heavy atom. The Kier molecular flexibility index (Phi) is 3.23. The molecular weight excluding hydrogens is 264 g/mol. The predicted molar refractivity (Wildman–Crippen MR) is 79.7 cm³/mol. The highest BCUT2D eigenvalue weighted by Crippen LogP contribution is 2.40. The molecule has 0 aliphatic carbocycles. The molecule has 4 heteroatoms. The summed E-state index contributed by atoms with van der Waals surface area (Å²) in [6.07, 6.45) is 4.93. The van der Waals surface area contributed by atoms with Crippen LogP contribution in [0.3, 0.4) is 0 Å². The van der Waals surface area contributed by atoms with Crippen molar-refractivity contribution in [1.82, 2.24) is 10.2 Å². The lowest BCUT2D eigenvalue weighted by atomic mass is 9.93. The van der Waals surface area contributed by atoms with Gasteiger partial charge in [0.2, 0.25) is 5.91 Å². The van der Waals surface area contributed by atoms with Crippen molar-refractivity contribution in [1.29, 1.82) is 0 Å². The second-order valence-electron chi connectivity index (χ2n) is 6.36. The van der Waals surface area contributed by atoms with Gasteiger partial charge in [0, 0.05) is 0 Å². The van der Waals surface area contributed by atoms with Gasteiger partial charge in [0.1, 0.15) is 6.17 Å². The van der Waals surface area contributed by atoms with E-state index in [0.717, 1.165) is 25.7 Å². The van der Waals surface area contributed by atoms with Crippen LogP contribution in [-0.4, -0.2) is 35.6 Å². The minimum Gasteiger partial charge on any atom is -0.373 e. The van der Waals surface area contributed by atoms with E-state index in [-0.39, 0.29) is 24.2 Å². The number of fused-ring (bicyclic) bond motifs is 2. The van der Waals surface area contributed by atoms with Gasteiger partial charge in [0.05, 0.1) is 24.8 Å². The van der Waals surface area contributed by atoms with E-state index in [0.29, 0.717) is 12.6 Å². The summed E-state index contributed by atoms with van der Waals surface area (Å²) >= 11 is 0. The van der Waals surface area contributed by atoms with Crippen molar-refractivity contribution in [2.75, 3.05) is 6.54 Å². The Morgan fingerprint density at radius 2 is 2.10 bits per heavy atom. The van der Waals surface area contributed by atoms with E-state index >= 15 is 0 Å². The molecule has 1 aromatic rings. The summed E-state index contributed by atoms with van der Waals surface area (Å²) in [5.74, 6) is 0.209. The zero-order valence-electron chi connectivity index (χ0n) is 12.4. The van der Waals surface area contributed by atoms with Crippen LogP contribution in [0.4, 0.5) is 0 Å². The fraction of sp³-hybridized carbons (Fsp3) is 0.588. The van der Waals surface area contributed by atoms with Crippen molar-refractivity contribution < 1.29 is 9.53 Å². The largest absolute Gasteiger partial charge is 0.373 e. The zero-order chi connectivity index (χ0) is 14.4. The molecule has 0 spiro atoms. The molecule has 3 fully saturated rings. The maximum absolute atomic E-state index is 12.4. The fourth-order valence-electron chi connectivity index (χ4n) is 4.01. The van der Waals surface area contributed by atoms with Gasteiger partial charge in [-0.2, -0.15) is 0 Å². The smallest absolute Gasteiger partial charge is 0.238 e. The minimum atomic E-state index is 0.0105. The molecule has 3 heterocycles. The zero-order valence-corrected chi connectivity index (χ0v) is 12.4. The minimum absolute atomic E-state index is 0.0105. The second-order valence-corrected chi connectivity index (χ2v) is 6.36. The van der Waals surface area contributed by atoms with Crippen LogP contribution in [0.5, 0.6) is 0 Å². The predicted octanol–water partition coefficient (Wildman–Crippen LogP) is 2.00. The molecule has 0 aromatic heterocycles. The third kappa shape index (κ3) is 2.17. The molecule has 3 aliphatic heterocycles. The number of aryl methyl sites for hydroxylation is 1. The van der Waals surface area contributed by atoms with Crippen LogP contribution < -0.4 is 5.32 Å². The van der Waals surface area contributed by atoms with Gasteiger partial charge in [-0.15, -0.1) is 0 Å². The highest BCUT2D eigenvalue weighted by Gasteiger charge is 2.48. The van der Waals surface area contributed by atoms with Crippen molar-refractivity contribution in [3.8, 4) is 0 Å². The van der Waals surface area contributed by atoms with Crippen molar-refractivity contribution in [3.63, 3.8) is 0 Å². The lowest BCUT2D eigenvalue weighted by Gasteiger charge is -2.34. The van der Waals surface area contributed by atoms with Crippen molar-refractivity contribution in [3.05, 3.63) is 35.4 Å². The lowest BCUT2D eigenvalue weighted by molar-refractivity contribution is -0.131. The van der Waals surface area contributed by atoms with E-state index in [9.17, 15) is 4.79 Å².